The highest BCUT2D eigenvalue weighted by Gasteiger charge is 2.28. The average Bonchev–Trinajstić information content (AvgIpc) is 2.46. The van der Waals surface area contributed by atoms with E-state index >= 15 is 0 Å². The number of pyridine rings is 1. The van der Waals surface area contributed by atoms with Gasteiger partial charge in [-0.25, -0.2) is 9.37 Å². The molecule has 0 fully saturated rings. The van der Waals surface area contributed by atoms with E-state index in [4.69, 9.17) is 0 Å². The number of halogens is 2. The maximum atomic E-state index is 14.0. The van der Waals surface area contributed by atoms with Crippen LogP contribution in [-0.4, -0.2) is 22.9 Å². The molecule has 0 saturated carbocycles. The van der Waals surface area contributed by atoms with Crippen molar-refractivity contribution in [3.05, 3.63) is 63.8 Å². The van der Waals surface area contributed by atoms with Crippen molar-refractivity contribution in [1.29, 1.82) is 0 Å². The molecule has 2 aromatic rings. The number of benzene rings is 1. The van der Waals surface area contributed by atoms with Crippen LogP contribution < -0.4 is 4.90 Å². The Bertz CT molecular complexity index is 707. The summed E-state index contributed by atoms with van der Waals surface area (Å²) in [6, 6.07) is 6.01. The number of nitrogens with zero attached hydrogens (tertiary/aromatic N) is 3. The fourth-order valence-corrected chi connectivity index (χ4v) is 1.70. The molecule has 1 aromatic carbocycles. The smallest absolute Gasteiger partial charge is 0.296 e. The van der Waals surface area contributed by atoms with Crippen LogP contribution in [0, 0.1) is 21.7 Å². The summed E-state index contributed by atoms with van der Waals surface area (Å²) in [5.41, 5.74) is -1.95. The highest BCUT2D eigenvalue weighted by atomic mass is 19.1. The number of carbonyl (C=O) groups is 1. The molecule has 0 aliphatic heterocycles. The number of anilines is 1. The lowest BCUT2D eigenvalue weighted by molar-refractivity contribution is -0.387. The molecule has 0 aliphatic rings. The normalized spacial score (nSPS) is 10.2. The summed E-state index contributed by atoms with van der Waals surface area (Å²) in [6.07, 6.45) is 1.40. The van der Waals surface area contributed by atoms with E-state index in [2.05, 4.69) is 4.98 Å². The van der Waals surface area contributed by atoms with E-state index in [-0.39, 0.29) is 5.82 Å². The number of amides is 1. The molecule has 1 amide bonds. The van der Waals surface area contributed by atoms with Gasteiger partial charge in [0.05, 0.1) is 4.92 Å². The molecule has 0 bridgehead atoms. The molecule has 21 heavy (non-hydrogen) atoms. The van der Waals surface area contributed by atoms with E-state index in [1.165, 1.54) is 19.3 Å². The summed E-state index contributed by atoms with van der Waals surface area (Å²) >= 11 is 0. The van der Waals surface area contributed by atoms with Gasteiger partial charge in [0, 0.05) is 19.3 Å². The van der Waals surface area contributed by atoms with Gasteiger partial charge in [-0.2, -0.15) is 4.39 Å². The molecule has 0 aliphatic carbocycles. The van der Waals surface area contributed by atoms with E-state index in [0.717, 1.165) is 4.90 Å². The summed E-state index contributed by atoms with van der Waals surface area (Å²) in [7, 11) is 1.27. The first kappa shape index (κ1) is 14.5. The molecule has 0 spiro atoms. The van der Waals surface area contributed by atoms with Crippen molar-refractivity contribution in [1.82, 2.24) is 4.98 Å². The van der Waals surface area contributed by atoms with Crippen molar-refractivity contribution < 1.29 is 18.5 Å². The number of nitro groups is 1. The zero-order chi connectivity index (χ0) is 15.6. The van der Waals surface area contributed by atoms with Crippen LogP contribution in [0.2, 0.25) is 0 Å². The van der Waals surface area contributed by atoms with Crippen LogP contribution in [0.3, 0.4) is 0 Å². The van der Waals surface area contributed by atoms with Crippen LogP contribution >= 0.6 is 0 Å². The van der Waals surface area contributed by atoms with Gasteiger partial charge in [-0.3, -0.25) is 19.8 Å². The zero-order valence-electron chi connectivity index (χ0n) is 10.8. The molecule has 108 valence electrons. The summed E-state index contributed by atoms with van der Waals surface area (Å²) in [4.78, 5) is 26.6. The number of nitro benzene ring substituents is 1. The van der Waals surface area contributed by atoms with Crippen LogP contribution in [0.1, 0.15) is 10.4 Å². The molecule has 1 aromatic heterocycles. The Kier molecular flexibility index (Phi) is 3.88. The topological polar surface area (TPSA) is 76.3 Å². The second-order valence-corrected chi connectivity index (χ2v) is 4.06. The van der Waals surface area contributed by atoms with Crippen molar-refractivity contribution in [2.75, 3.05) is 11.9 Å². The summed E-state index contributed by atoms with van der Waals surface area (Å²) in [5, 5.41) is 10.7. The maximum absolute atomic E-state index is 14.0. The highest BCUT2D eigenvalue weighted by Crippen LogP contribution is 2.25. The van der Waals surface area contributed by atoms with Gasteiger partial charge in [-0.05, 0) is 18.2 Å². The average molecular weight is 293 g/mol. The van der Waals surface area contributed by atoms with Crippen LogP contribution in [0.4, 0.5) is 20.3 Å². The van der Waals surface area contributed by atoms with Gasteiger partial charge in [-0.15, -0.1) is 0 Å². The Labute approximate surface area is 117 Å². The Hall–Kier alpha value is -2.90. The van der Waals surface area contributed by atoms with Crippen molar-refractivity contribution in [3.8, 4) is 0 Å². The SMILES string of the molecule is CN(C(=O)c1c(F)ccc([N+](=O)[O-])c1F)c1ccccn1. The number of rotatable bonds is 3. The molecule has 0 saturated heterocycles. The summed E-state index contributed by atoms with van der Waals surface area (Å²) < 4.78 is 27.7. The third-order valence-electron chi connectivity index (χ3n) is 2.78. The first-order chi connectivity index (χ1) is 9.93. The van der Waals surface area contributed by atoms with E-state index in [0.29, 0.717) is 12.1 Å². The Balaban J connectivity index is 2.49. The van der Waals surface area contributed by atoms with Crippen LogP contribution in [0.15, 0.2) is 36.5 Å². The number of hydrogen-bond donors (Lipinski definition) is 0. The van der Waals surface area contributed by atoms with Gasteiger partial charge >= 0.3 is 5.69 Å². The molecule has 6 nitrogen and oxygen atoms in total. The summed E-state index contributed by atoms with van der Waals surface area (Å²) in [5.74, 6) is -3.58. The number of hydrogen-bond acceptors (Lipinski definition) is 4. The maximum Gasteiger partial charge on any atom is 0.305 e. The Morgan fingerprint density at radius 1 is 1.29 bits per heavy atom. The van der Waals surface area contributed by atoms with Gasteiger partial charge in [0.2, 0.25) is 5.82 Å². The minimum absolute atomic E-state index is 0.160. The molecule has 0 N–H and O–H groups in total. The largest absolute Gasteiger partial charge is 0.305 e. The van der Waals surface area contributed by atoms with Crippen molar-refractivity contribution >= 4 is 17.4 Å². The van der Waals surface area contributed by atoms with Crippen LogP contribution in [-0.2, 0) is 0 Å². The minimum Gasteiger partial charge on any atom is -0.296 e. The van der Waals surface area contributed by atoms with E-state index in [1.54, 1.807) is 12.1 Å². The number of aromatic nitrogens is 1. The predicted molar refractivity (Wildman–Crippen MR) is 70.0 cm³/mol. The first-order valence-corrected chi connectivity index (χ1v) is 5.75. The third-order valence-corrected chi connectivity index (χ3v) is 2.78. The zero-order valence-corrected chi connectivity index (χ0v) is 10.8. The molecule has 1 heterocycles. The molecular formula is C13H9F2N3O3. The number of carbonyl (C=O) groups excluding carboxylic acids is 1. The van der Waals surface area contributed by atoms with Gasteiger partial charge in [0.15, 0.2) is 0 Å². The molecule has 0 unspecified atom stereocenters. The monoisotopic (exact) mass is 293 g/mol. The summed E-state index contributed by atoms with van der Waals surface area (Å²) in [6.45, 7) is 0. The van der Waals surface area contributed by atoms with Gasteiger partial charge in [-0.1, -0.05) is 6.07 Å². The van der Waals surface area contributed by atoms with Crippen molar-refractivity contribution in [3.63, 3.8) is 0 Å². The van der Waals surface area contributed by atoms with Crippen molar-refractivity contribution in [2.45, 2.75) is 0 Å². The second-order valence-electron chi connectivity index (χ2n) is 4.06. The molecule has 2 rings (SSSR count). The quantitative estimate of drug-likeness (QED) is 0.643. The van der Waals surface area contributed by atoms with Gasteiger partial charge in [0.25, 0.3) is 5.91 Å². The van der Waals surface area contributed by atoms with Crippen LogP contribution in [0.25, 0.3) is 0 Å². The van der Waals surface area contributed by atoms with E-state index < -0.39 is 33.7 Å². The lowest BCUT2D eigenvalue weighted by atomic mass is 10.1. The minimum atomic E-state index is -1.51. The van der Waals surface area contributed by atoms with Crippen LogP contribution in [0.5, 0.6) is 0 Å². The third kappa shape index (κ3) is 2.69. The predicted octanol–water partition coefficient (Wildman–Crippen LogP) is 2.54. The lowest BCUT2D eigenvalue weighted by Gasteiger charge is -2.16. The van der Waals surface area contributed by atoms with Crippen molar-refractivity contribution in [2.24, 2.45) is 0 Å². The fourth-order valence-electron chi connectivity index (χ4n) is 1.70. The standard InChI is InChI=1S/C13H9F2N3O3/c1-17(10-4-2-3-7-16-10)13(19)11-8(14)5-6-9(12(11)15)18(20)21/h2-7H,1H3. The fraction of sp³-hybridized carbons (Fsp3) is 0.0769. The second kappa shape index (κ2) is 5.61. The Morgan fingerprint density at radius 3 is 2.57 bits per heavy atom. The molecule has 8 heteroatoms. The highest BCUT2D eigenvalue weighted by molar-refractivity contribution is 6.06. The van der Waals surface area contributed by atoms with E-state index in [1.807, 2.05) is 0 Å². The van der Waals surface area contributed by atoms with E-state index in [9.17, 15) is 23.7 Å². The lowest BCUT2D eigenvalue weighted by Crippen LogP contribution is -2.29. The first-order valence-electron chi connectivity index (χ1n) is 5.75. The molecule has 0 radical (unpaired) electrons. The Morgan fingerprint density at radius 2 is 2.00 bits per heavy atom. The molecular weight excluding hydrogens is 284 g/mol. The molecule has 0 atom stereocenters. The van der Waals surface area contributed by atoms with Gasteiger partial charge < -0.3 is 0 Å². The van der Waals surface area contributed by atoms with Gasteiger partial charge in [0.1, 0.15) is 17.2 Å².